The van der Waals surface area contributed by atoms with Gasteiger partial charge in [0.1, 0.15) is 0 Å². The van der Waals surface area contributed by atoms with E-state index in [2.05, 4.69) is 4.98 Å². The summed E-state index contributed by atoms with van der Waals surface area (Å²) in [6.07, 6.45) is 1.86. The van der Waals surface area contributed by atoms with Gasteiger partial charge in [0.25, 0.3) is 0 Å². The number of H-pyrrole nitrogens is 1. The van der Waals surface area contributed by atoms with Gasteiger partial charge in [0.05, 0.1) is 5.02 Å². The van der Waals surface area contributed by atoms with Crippen molar-refractivity contribution in [3.8, 4) is 11.3 Å². The highest BCUT2D eigenvalue weighted by Gasteiger charge is 2.03. The molecule has 0 aliphatic rings. The third-order valence-corrected chi connectivity index (χ3v) is 2.19. The van der Waals surface area contributed by atoms with Crippen molar-refractivity contribution < 1.29 is 0 Å². The van der Waals surface area contributed by atoms with E-state index in [1.807, 2.05) is 30.5 Å². The van der Waals surface area contributed by atoms with Crippen molar-refractivity contribution >= 4 is 17.3 Å². The van der Waals surface area contributed by atoms with Crippen molar-refractivity contribution in [2.45, 2.75) is 0 Å². The Balaban J connectivity index is 2.53. The van der Waals surface area contributed by atoms with Gasteiger partial charge in [-0.3, -0.25) is 0 Å². The van der Waals surface area contributed by atoms with Crippen molar-refractivity contribution in [1.29, 1.82) is 0 Å². The number of anilines is 1. The van der Waals surface area contributed by atoms with Crippen molar-refractivity contribution in [3.63, 3.8) is 0 Å². The van der Waals surface area contributed by atoms with E-state index in [1.165, 1.54) is 0 Å². The molecule has 3 N–H and O–H groups in total. The molecule has 0 unspecified atom stereocenters. The van der Waals surface area contributed by atoms with Gasteiger partial charge < -0.3 is 10.7 Å². The molecule has 0 saturated carbocycles. The van der Waals surface area contributed by atoms with Gasteiger partial charge in [0, 0.05) is 23.1 Å². The maximum absolute atomic E-state index is 6.02. The van der Waals surface area contributed by atoms with Crippen LogP contribution >= 0.6 is 11.6 Å². The van der Waals surface area contributed by atoms with Gasteiger partial charge in [-0.25, -0.2) is 0 Å². The fourth-order valence-electron chi connectivity index (χ4n) is 1.25. The summed E-state index contributed by atoms with van der Waals surface area (Å²) >= 11 is 6.02. The largest absolute Gasteiger partial charge is 0.399 e. The van der Waals surface area contributed by atoms with Crippen LogP contribution in [0.25, 0.3) is 11.3 Å². The molecule has 0 amide bonds. The van der Waals surface area contributed by atoms with Crippen LogP contribution in [-0.2, 0) is 0 Å². The smallest absolute Gasteiger partial charge is 0.0519 e. The van der Waals surface area contributed by atoms with Crippen LogP contribution in [-0.4, -0.2) is 4.98 Å². The highest BCUT2D eigenvalue weighted by Crippen LogP contribution is 2.27. The summed E-state index contributed by atoms with van der Waals surface area (Å²) in [4.78, 5) is 3.09. The van der Waals surface area contributed by atoms with E-state index in [1.54, 1.807) is 6.07 Å². The zero-order valence-electron chi connectivity index (χ0n) is 6.92. The molecule has 3 heteroatoms. The Hall–Kier alpha value is -1.41. The Kier molecular flexibility index (Phi) is 1.99. The van der Waals surface area contributed by atoms with Crippen LogP contribution in [0.1, 0.15) is 0 Å². The quantitative estimate of drug-likeness (QED) is 0.671. The number of nitrogen functional groups attached to an aromatic ring is 1. The van der Waals surface area contributed by atoms with E-state index in [-0.39, 0.29) is 0 Å². The van der Waals surface area contributed by atoms with E-state index in [0.29, 0.717) is 10.7 Å². The minimum absolute atomic E-state index is 0.669. The summed E-state index contributed by atoms with van der Waals surface area (Å²) in [6.45, 7) is 0. The molecular formula is C10H9ClN2. The Bertz CT molecular complexity index is 407. The second-order valence-electron chi connectivity index (χ2n) is 2.82. The number of hydrogen-bond donors (Lipinski definition) is 2. The molecule has 66 valence electrons. The highest BCUT2D eigenvalue weighted by molar-refractivity contribution is 6.33. The van der Waals surface area contributed by atoms with Gasteiger partial charge in [-0.2, -0.15) is 0 Å². The minimum atomic E-state index is 0.669. The molecule has 13 heavy (non-hydrogen) atoms. The van der Waals surface area contributed by atoms with Gasteiger partial charge in [0.2, 0.25) is 0 Å². The number of aromatic nitrogens is 1. The van der Waals surface area contributed by atoms with Crippen molar-refractivity contribution in [2.24, 2.45) is 0 Å². The molecule has 0 saturated heterocycles. The van der Waals surface area contributed by atoms with Crippen LogP contribution in [0, 0.1) is 0 Å². The molecule has 1 aromatic carbocycles. The molecule has 2 rings (SSSR count). The number of nitrogens with two attached hydrogens (primary N) is 1. The monoisotopic (exact) mass is 192 g/mol. The zero-order chi connectivity index (χ0) is 9.26. The van der Waals surface area contributed by atoms with Gasteiger partial charge in [-0.15, -0.1) is 0 Å². The second kappa shape index (κ2) is 3.15. The van der Waals surface area contributed by atoms with E-state index in [4.69, 9.17) is 17.3 Å². The third-order valence-electron chi connectivity index (χ3n) is 1.88. The molecule has 2 nitrogen and oxygen atoms in total. The van der Waals surface area contributed by atoms with Crippen molar-refractivity contribution in [1.82, 2.24) is 4.98 Å². The van der Waals surface area contributed by atoms with Crippen LogP contribution in [0.3, 0.4) is 0 Å². The fourth-order valence-corrected chi connectivity index (χ4v) is 1.54. The molecule has 1 aromatic heterocycles. The molecule has 0 atom stereocenters. The molecule has 0 spiro atoms. The number of aromatic amines is 1. The fraction of sp³-hybridized carbons (Fsp3) is 0. The normalized spacial score (nSPS) is 10.2. The number of halogens is 1. The van der Waals surface area contributed by atoms with Crippen LogP contribution in [0.2, 0.25) is 5.02 Å². The zero-order valence-corrected chi connectivity index (χ0v) is 7.68. The lowest BCUT2D eigenvalue weighted by Gasteiger charge is -2.02. The standard InChI is InChI=1S/C10H9ClN2/c11-9-6-7(12)3-4-8(9)10-2-1-5-13-10/h1-6,13H,12H2. The van der Waals surface area contributed by atoms with Crippen LogP contribution in [0.4, 0.5) is 5.69 Å². The number of benzene rings is 1. The second-order valence-corrected chi connectivity index (χ2v) is 3.23. The molecular weight excluding hydrogens is 184 g/mol. The van der Waals surface area contributed by atoms with E-state index in [0.717, 1.165) is 11.3 Å². The van der Waals surface area contributed by atoms with Crippen LogP contribution < -0.4 is 5.73 Å². The Labute approximate surface area is 81.3 Å². The molecule has 1 heterocycles. The Morgan fingerprint density at radius 2 is 2.08 bits per heavy atom. The topological polar surface area (TPSA) is 41.8 Å². The van der Waals surface area contributed by atoms with Gasteiger partial charge >= 0.3 is 0 Å². The lowest BCUT2D eigenvalue weighted by molar-refractivity contribution is 1.40. The lowest BCUT2D eigenvalue weighted by atomic mass is 10.1. The maximum Gasteiger partial charge on any atom is 0.0519 e. The minimum Gasteiger partial charge on any atom is -0.399 e. The molecule has 2 aromatic rings. The van der Waals surface area contributed by atoms with Crippen LogP contribution in [0.5, 0.6) is 0 Å². The first-order valence-corrected chi connectivity index (χ1v) is 4.34. The van der Waals surface area contributed by atoms with E-state index < -0.39 is 0 Å². The summed E-state index contributed by atoms with van der Waals surface area (Å²) in [5.74, 6) is 0. The predicted octanol–water partition coefficient (Wildman–Crippen LogP) is 2.92. The first-order chi connectivity index (χ1) is 6.27. The SMILES string of the molecule is Nc1ccc(-c2ccc[nH]2)c(Cl)c1. The maximum atomic E-state index is 6.02. The first kappa shape index (κ1) is 8.20. The third kappa shape index (κ3) is 1.53. The van der Waals surface area contributed by atoms with Gasteiger partial charge in [0.15, 0.2) is 0 Å². The van der Waals surface area contributed by atoms with Crippen molar-refractivity contribution in [2.75, 3.05) is 5.73 Å². The highest BCUT2D eigenvalue weighted by atomic mass is 35.5. The average Bonchev–Trinajstić information content (AvgIpc) is 2.56. The van der Waals surface area contributed by atoms with Gasteiger partial charge in [-0.05, 0) is 30.3 Å². The van der Waals surface area contributed by atoms with Gasteiger partial charge in [-0.1, -0.05) is 11.6 Å². The molecule has 0 aliphatic heterocycles. The summed E-state index contributed by atoms with van der Waals surface area (Å²) < 4.78 is 0. The molecule has 0 bridgehead atoms. The van der Waals surface area contributed by atoms with Crippen molar-refractivity contribution in [3.05, 3.63) is 41.6 Å². The van der Waals surface area contributed by atoms with E-state index >= 15 is 0 Å². The summed E-state index contributed by atoms with van der Waals surface area (Å²) in [5, 5.41) is 0.669. The number of rotatable bonds is 1. The molecule has 0 aliphatic carbocycles. The first-order valence-electron chi connectivity index (χ1n) is 3.96. The molecule has 0 radical (unpaired) electrons. The van der Waals surface area contributed by atoms with E-state index in [9.17, 15) is 0 Å². The average molecular weight is 193 g/mol. The summed E-state index contributed by atoms with van der Waals surface area (Å²) in [6, 6.07) is 9.39. The summed E-state index contributed by atoms with van der Waals surface area (Å²) in [7, 11) is 0. The van der Waals surface area contributed by atoms with Crippen LogP contribution in [0.15, 0.2) is 36.5 Å². The Morgan fingerprint density at radius 3 is 2.69 bits per heavy atom. The predicted molar refractivity (Wildman–Crippen MR) is 55.7 cm³/mol. The molecule has 0 fully saturated rings. The Morgan fingerprint density at radius 1 is 1.23 bits per heavy atom. The number of nitrogens with one attached hydrogen (secondary N) is 1. The number of hydrogen-bond acceptors (Lipinski definition) is 1. The lowest BCUT2D eigenvalue weighted by Crippen LogP contribution is -1.85. The summed E-state index contributed by atoms with van der Waals surface area (Å²) in [5.41, 5.74) is 8.24.